The maximum Gasteiger partial charge on any atom is 0.268 e. The molecule has 0 spiro atoms. The van der Waals surface area contributed by atoms with Crippen LogP contribution in [0.5, 0.6) is 0 Å². The molecule has 1 aliphatic heterocycles. The average molecular weight is 315 g/mol. The summed E-state index contributed by atoms with van der Waals surface area (Å²) in [6, 6.07) is 2.60. The van der Waals surface area contributed by atoms with Gasteiger partial charge in [0.05, 0.1) is 17.8 Å². The monoisotopic (exact) mass is 315 g/mol. The van der Waals surface area contributed by atoms with Crippen molar-refractivity contribution >= 4 is 21.6 Å². The van der Waals surface area contributed by atoms with E-state index in [1.165, 1.54) is 11.3 Å². The quantitative estimate of drug-likeness (QED) is 0.678. The number of nitrogens with one attached hydrogen (secondary N) is 3. The molecule has 0 unspecified atom stereocenters. The molecule has 3 aromatic rings. The van der Waals surface area contributed by atoms with E-state index in [1.54, 1.807) is 6.20 Å². The van der Waals surface area contributed by atoms with E-state index in [1.807, 2.05) is 13.0 Å². The summed E-state index contributed by atoms with van der Waals surface area (Å²) in [5.74, 6) is 0.745. The smallest absolute Gasteiger partial charge is 0.268 e. The van der Waals surface area contributed by atoms with Crippen LogP contribution in [0.4, 0.5) is 0 Å². The first-order chi connectivity index (χ1) is 10.6. The van der Waals surface area contributed by atoms with Crippen LogP contribution >= 0.6 is 11.3 Å². The van der Waals surface area contributed by atoms with Crippen molar-refractivity contribution in [1.82, 2.24) is 25.5 Å². The Morgan fingerprint density at radius 3 is 2.91 bits per heavy atom. The Labute approximate surface area is 131 Å². The van der Waals surface area contributed by atoms with Crippen molar-refractivity contribution in [2.24, 2.45) is 0 Å². The Kier molecular flexibility index (Phi) is 3.12. The molecule has 4 heterocycles. The highest BCUT2D eigenvalue weighted by atomic mass is 32.1. The van der Waals surface area contributed by atoms with Gasteiger partial charge in [0, 0.05) is 22.2 Å². The number of fused-ring (bicyclic) bond motifs is 1. The van der Waals surface area contributed by atoms with Crippen LogP contribution in [0.15, 0.2) is 17.1 Å². The molecule has 1 aliphatic rings. The fraction of sp³-hybridized carbons (Fsp3) is 0.400. The third-order valence-electron chi connectivity index (χ3n) is 4.20. The summed E-state index contributed by atoms with van der Waals surface area (Å²) < 4.78 is 0.672. The van der Waals surface area contributed by atoms with Crippen molar-refractivity contribution in [2.75, 3.05) is 0 Å². The summed E-state index contributed by atoms with van der Waals surface area (Å²) in [6.45, 7) is 4.13. The Morgan fingerprint density at radius 1 is 1.36 bits per heavy atom. The number of aryl methyl sites for hydroxylation is 1. The van der Waals surface area contributed by atoms with Gasteiger partial charge in [-0.2, -0.15) is 5.10 Å². The highest BCUT2D eigenvalue weighted by molar-refractivity contribution is 7.22. The summed E-state index contributed by atoms with van der Waals surface area (Å²) in [6.07, 6.45) is 3.90. The predicted octanol–water partition coefficient (Wildman–Crippen LogP) is 2.50. The van der Waals surface area contributed by atoms with Crippen molar-refractivity contribution in [1.29, 1.82) is 0 Å². The number of hydrogen-bond donors (Lipinski definition) is 3. The summed E-state index contributed by atoms with van der Waals surface area (Å²) in [4.78, 5) is 21.0. The normalized spacial score (nSPS) is 21.7. The van der Waals surface area contributed by atoms with Gasteiger partial charge < -0.3 is 10.3 Å². The third-order valence-corrected chi connectivity index (χ3v) is 5.36. The standard InChI is InChI=1S/C15H17N5OS/c1-7-3-4-10(17-7)14-18-11-5-12(9-6-16-20-8(9)2)22-13(11)15(21)19-14/h5-7,10,17H,3-4H2,1-2H3,(H,16,20)(H,18,19,21)/t7-,10-/m0/s1. The average Bonchev–Trinajstić information content (AvgIpc) is 3.17. The van der Waals surface area contributed by atoms with Crippen LogP contribution in [0.1, 0.15) is 37.3 Å². The zero-order valence-corrected chi connectivity index (χ0v) is 13.3. The van der Waals surface area contributed by atoms with Crippen LogP contribution in [0, 0.1) is 6.92 Å². The molecule has 0 saturated carbocycles. The summed E-state index contributed by atoms with van der Waals surface area (Å²) in [5, 5.41) is 10.4. The van der Waals surface area contributed by atoms with Gasteiger partial charge in [-0.25, -0.2) is 4.98 Å². The molecular formula is C15H17N5OS. The highest BCUT2D eigenvalue weighted by Crippen LogP contribution is 2.33. The largest absolute Gasteiger partial charge is 0.308 e. The lowest BCUT2D eigenvalue weighted by Crippen LogP contribution is -2.24. The number of aromatic amines is 2. The van der Waals surface area contributed by atoms with E-state index in [-0.39, 0.29) is 11.6 Å². The predicted molar refractivity (Wildman–Crippen MR) is 87.1 cm³/mol. The minimum absolute atomic E-state index is 0.0567. The van der Waals surface area contributed by atoms with Crippen LogP contribution in [-0.4, -0.2) is 26.2 Å². The second-order valence-corrected chi connectivity index (χ2v) is 6.93. The minimum atomic E-state index is -0.0567. The molecule has 7 heteroatoms. The van der Waals surface area contributed by atoms with E-state index in [0.717, 1.165) is 40.3 Å². The molecule has 1 saturated heterocycles. The number of thiophene rings is 1. The topological polar surface area (TPSA) is 86.5 Å². The first-order valence-electron chi connectivity index (χ1n) is 7.42. The van der Waals surface area contributed by atoms with Crippen molar-refractivity contribution < 1.29 is 0 Å². The van der Waals surface area contributed by atoms with Gasteiger partial charge in [-0.15, -0.1) is 11.3 Å². The lowest BCUT2D eigenvalue weighted by atomic mass is 10.2. The van der Waals surface area contributed by atoms with Crippen molar-refractivity contribution in [3.05, 3.63) is 34.1 Å². The fourth-order valence-electron chi connectivity index (χ4n) is 3.00. The van der Waals surface area contributed by atoms with Gasteiger partial charge >= 0.3 is 0 Å². The SMILES string of the molecule is Cc1[nH]ncc1-c1cc2nc([C@@H]3CC[C@H](C)N3)[nH]c(=O)c2s1. The van der Waals surface area contributed by atoms with Crippen molar-refractivity contribution in [2.45, 2.75) is 38.8 Å². The van der Waals surface area contributed by atoms with E-state index in [4.69, 9.17) is 0 Å². The molecule has 114 valence electrons. The van der Waals surface area contributed by atoms with Crippen LogP contribution in [-0.2, 0) is 0 Å². The zero-order chi connectivity index (χ0) is 15.3. The van der Waals surface area contributed by atoms with Gasteiger partial charge in [-0.05, 0) is 32.8 Å². The third kappa shape index (κ3) is 2.17. The van der Waals surface area contributed by atoms with Gasteiger partial charge in [0.2, 0.25) is 0 Å². The molecule has 3 aromatic heterocycles. The Hall–Kier alpha value is -1.99. The molecule has 0 aliphatic carbocycles. The second kappa shape index (κ2) is 5.03. The Bertz CT molecular complexity index is 893. The molecule has 6 nitrogen and oxygen atoms in total. The maximum atomic E-state index is 12.4. The lowest BCUT2D eigenvalue weighted by Gasteiger charge is -2.10. The molecule has 3 N–H and O–H groups in total. The van der Waals surface area contributed by atoms with Gasteiger partial charge in [0.15, 0.2) is 0 Å². The van der Waals surface area contributed by atoms with Crippen molar-refractivity contribution in [3.63, 3.8) is 0 Å². The number of nitrogens with zero attached hydrogens (tertiary/aromatic N) is 2. The summed E-state index contributed by atoms with van der Waals surface area (Å²) in [5.41, 5.74) is 2.73. The van der Waals surface area contributed by atoms with E-state index in [9.17, 15) is 4.79 Å². The van der Waals surface area contributed by atoms with Gasteiger partial charge in [-0.1, -0.05) is 0 Å². The first kappa shape index (κ1) is 13.7. The Morgan fingerprint density at radius 2 is 2.23 bits per heavy atom. The van der Waals surface area contributed by atoms with Crippen LogP contribution < -0.4 is 10.9 Å². The number of rotatable bonds is 2. The molecule has 4 rings (SSSR count). The molecule has 0 amide bonds. The van der Waals surface area contributed by atoms with Crippen molar-refractivity contribution in [3.8, 4) is 10.4 Å². The van der Waals surface area contributed by atoms with Gasteiger partial charge in [0.1, 0.15) is 10.5 Å². The van der Waals surface area contributed by atoms with Gasteiger partial charge in [0.25, 0.3) is 5.56 Å². The van der Waals surface area contributed by atoms with E-state index in [0.29, 0.717) is 10.7 Å². The van der Waals surface area contributed by atoms with E-state index in [2.05, 4.69) is 32.4 Å². The van der Waals surface area contributed by atoms with E-state index >= 15 is 0 Å². The lowest BCUT2D eigenvalue weighted by molar-refractivity contribution is 0.560. The zero-order valence-electron chi connectivity index (χ0n) is 12.4. The first-order valence-corrected chi connectivity index (χ1v) is 8.23. The number of aromatic nitrogens is 4. The Balaban J connectivity index is 1.81. The summed E-state index contributed by atoms with van der Waals surface area (Å²) in [7, 11) is 0. The minimum Gasteiger partial charge on any atom is -0.308 e. The van der Waals surface area contributed by atoms with Crippen LogP contribution in [0.25, 0.3) is 20.7 Å². The molecule has 2 atom stereocenters. The van der Waals surface area contributed by atoms with Gasteiger partial charge in [-0.3, -0.25) is 9.89 Å². The van der Waals surface area contributed by atoms with Crippen LogP contribution in [0.3, 0.4) is 0 Å². The molecule has 0 aromatic carbocycles. The molecular weight excluding hydrogens is 298 g/mol. The number of H-pyrrole nitrogens is 2. The van der Waals surface area contributed by atoms with E-state index < -0.39 is 0 Å². The maximum absolute atomic E-state index is 12.4. The molecule has 0 radical (unpaired) electrons. The van der Waals surface area contributed by atoms with Crippen LogP contribution in [0.2, 0.25) is 0 Å². The second-order valence-electron chi connectivity index (χ2n) is 5.88. The fourth-order valence-corrected chi connectivity index (χ4v) is 4.06. The molecule has 22 heavy (non-hydrogen) atoms. The highest BCUT2D eigenvalue weighted by Gasteiger charge is 2.24. The summed E-state index contributed by atoms with van der Waals surface area (Å²) >= 11 is 1.46. The molecule has 1 fully saturated rings. The number of hydrogen-bond acceptors (Lipinski definition) is 5. The molecule has 0 bridgehead atoms.